The molecule has 0 bridgehead atoms. The summed E-state index contributed by atoms with van der Waals surface area (Å²) in [4.78, 5) is 11.6. The van der Waals surface area contributed by atoms with Crippen LogP contribution in [-0.4, -0.2) is 24.1 Å². The molecule has 0 unspecified atom stereocenters. The van der Waals surface area contributed by atoms with Gasteiger partial charge in [0.15, 0.2) is 0 Å². The minimum atomic E-state index is -0.294. The lowest BCUT2D eigenvalue weighted by molar-refractivity contribution is 0.0955. The van der Waals surface area contributed by atoms with Crippen molar-refractivity contribution in [2.75, 3.05) is 13.1 Å². The topological polar surface area (TPSA) is 75.3 Å². The zero-order valence-electron chi connectivity index (χ0n) is 8.61. The molecule has 0 aliphatic carbocycles. The lowest BCUT2D eigenvalue weighted by atomic mass is 10.2. The molecule has 1 amide bonds. The average molecular weight is 332 g/mol. The van der Waals surface area contributed by atoms with Crippen LogP contribution in [0.2, 0.25) is 0 Å². The summed E-state index contributed by atoms with van der Waals surface area (Å²) < 4.78 is 0.901. The number of amides is 1. The Morgan fingerprint density at radius 1 is 1.50 bits per heavy atom. The van der Waals surface area contributed by atoms with Crippen molar-refractivity contribution < 1.29 is 9.90 Å². The van der Waals surface area contributed by atoms with Crippen molar-refractivity contribution in [3.8, 4) is 5.75 Å². The summed E-state index contributed by atoms with van der Waals surface area (Å²) in [6.07, 6.45) is 3.53. The molecule has 0 aromatic heterocycles. The Kier molecular flexibility index (Phi) is 5.27. The number of nitrogens with two attached hydrogens (primary N) is 1. The number of phenols is 1. The number of carbonyl (C=O) groups is 1. The first-order valence-electron chi connectivity index (χ1n) is 4.77. The van der Waals surface area contributed by atoms with Crippen LogP contribution in [0.4, 0.5) is 0 Å². The van der Waals surface area contributed by atoms with Crippen LogP contribution >= 0.6 is 22.6 Å². The van der Waals surface area contributed by atoms with Gasteiger partial charge in [-0.05, 0) is 40.8 Å². The molecular weight excluding hydrogens is 319 g/mol. The molecule has 0 fully saturated rings. The van der Waals surface area contributed by atoms with Gasteiger partial charge < -0.3 is 16.2 Å². The third-order valence-corrected chi connectivity index (χ3v) is 2.56. The zero-order valence-corrected chi connectivity index (χ0v) is 10.8. The Balaban J connectivity index is 2.65. The van der Waals surface area contributed by atoms with Gasteiger partial charge in [0.1, 0.15) is 5.75 Å². The molecule has 0 atom stereocenters. The van der Waals surface area contributed by atoms with E-state index in [-0.39, 0.29) is 17.2 Å². The molecule has 0 radical (unpaired) electrons. The first-order valence-corrected chi connectivity index (χ1v) is 5.85. The minimum absolute atomic E-state index is 0.0132. The summed E-state index contributed by atoms with van der Waals surface area (Å²) in [7, 11) is 0. The van der Waals surface area contributed by atoms with Gasteiger partial charge in [-0.15, -0.1) is 0 Å². The number of hydrogen-bond acceptors (Lipinski definition) is 3. The van der Waals surface area contributed by atoms with Crippen molar-refractivity contribution in [1.82, 2.24) is 5.32 Å². The van der Waals surface area contributed by atoms with E-state index in [0.29, 0.717) is 13.1 Å². The van der Waals surface area contributed by atoms with E-state index in [1.165, 1.54) is 6.07 Å². The number of phenolic OH excluding ortho intramolecular Hbond substituents is 1. The third-order valence-electron chi connectivity index (χ3n) is 1.89. The molecule has 0 spiro atoms. The van der Waals surface area contributed by atoms with Crippen molar-refractivity contribution in [1.29, 1.82) is 0 Å². The highest BCUT2D eigenvalue weighted by atomic mass is 127. The molecule has 0 saturated heterocycles. The van der Waals surface area contributed by atoms with E-state index in [1.54, 1.807) is 24.3 Å². The number of rotatable bonds is 4. The van der Waals surface area contributed by atoms with Gasteiger partial charge in [0, 0.05) is 16.7 Å². The number of benzene rings is 1. The van der Waals surface area contributed by atoms with Crippen molar-refractivity contribution >= 4 is 28.5 Å². The summed E-state index contributed by atoms with van der Waals surface area (Å²) in [6, 6.07) is 4.88. The molecule has 1 aromatic rings. The van der Waals surface area contributed by atoms with E-state index < -0.39 is 0 Å². The van der Waals surface area contributed by atoms with E-state index in [4.69, 9.17) is 5.73 Å². The summed E-state index contributed by atoms with van der Waals surface area (Å²) >= 11 is 2.08. The highest BCUT2D eigenvalue weighted by Gasteiger charge is 2.09. The maximum absolute atomic E-state index is 11.6. The SMILES string of the molecule is NC/C=C/CNC(=O)c1cc(I)ccc1O. The predicted molar refractivity (Wildman–Crippen MR) is 71.4 cm³/mol. The van der Waals surface area contributed by atoms with E-state index >= 15 is 0 Å². The summed E-state index contributed by atoms with van der Waals surface area (Å²) in [6.45, 7) is 0.852. The summed E-state index contributed by atoms with van der Waals surface area (Å²) in [5.41, 5.74) is 5.55. The van der Waals surface area contributed by atoms with Gasteiger partial charge in [-0.2, -0.15) is 0 Å². The Hall–Kier alpha value is -1.08. The lowest BCUT2D eigenvalue weighted by Gasteiger charge is -2.05. The van der Waals surface area contributed by atoms with Gasteiger partial charge in [0.25, 0.3) is 5.91 Å². The highest BCUT2D eigenvalue weighted by Crippen LogP contribution is 2.19. The van der Waals surface area contributed by atoms with Crippen LogP contribution in [0, 0.1) is 3.57 Å². The van der Waals surface area contributed by atoms with E-state index in [1.807, 2.05) is 0 Å². The monoisotopic (exact) mass is 332 g/mol. The van der Waals surface area contributed by atoms with Crippen LogP contribution in [0.3, 0.4) is 0 Å². The molecule has 0 aliphatic rings. The summed E-state index contributed by atoms with van der Waals surface area (Å²) in [5.74, 6) is -0.307. The van der Waals surface area contributed by atoms with E-state index in [0.717, 1.165) is 3.57 Å². The number of carbonyl (C=O) groups excluding carboxylic acids is 1. The van der Waals surface area contributed by atoms with E-state index in [2.05, 4.69) is 27.9 Å². The largest absolute Gasteiger partial charge is 0.507 e. The van der Waals surface area contributed by atoms with Gasteiger partial charge in [-0.25, -0.2) is 0 Å². The quantitative estimate of drug-likeness (QED) is 0.574. The normalized spacial score (nSPS) is 10.6. The molecule has 4 N–H and O–H groups in total. The van der Waals surface area contributed by atoms with Crippen molar-refractivity contribution in [3.63, 3.8) is 0 Å². The van der Waals surface area contributed by atoms with Gasteiger partial charge in [-0.3, -0.25) is 4.79 Å². The minimum Gasteiger partial charge on any atom is -0.507 e. The van der Waals surface area contributed by atoms with Crippen LogP contribution in [0.25, 0.3) is 0 Å². The maximum atomic E-state index is 11.6. The second-order valence-electron chi connectivity index (χ2n) is 3.08. The smallest absolute Gasteiger partial charge is 0.255 e. The number of aromatic hydroxyl groups is 1. The average Bonchev–Trinajstić information content (AvgIpc) is 2.27. The van der Waals surface area contributed by atoms with Gasteiger partial charge in [0.2, 0.25) is 0 Å². The second kappa shape index (κ2) is 6.49. The maximum Gasteiger partial charge on any atom is 0.255 e. The van der Waals surface area contributed by atoms with Crippen LogP contribution in [-0.2, 0) is 0 Å². The molecule has 0 aliphatic heterocycles. The fourth-order valence-corrected chi connectivity index (χ4v) is 1.61. The van der Waals surface area contributed by atoms with Crippen LogP contribution in [0.15, 0.2) is 30.4 Å². The van der Waals surface area contributed by atoms with Crippen molar-refractivity contribution in [3.05, 3.63) is 39.5 Å². The van der Waals surface area contributed by atoms with Gasteiger partial charge in [0.05, 0.1) is 5.56 Å². The first-order chi connectivity index (χ1) is 7.65. The Morgan fingerprint density at radius 2 is 2.25 bits per heavy atom. The van der Waals surface area contributed by atoms with Crippen molar-refractivity contribution in [2.24, 2.45) is 5.73 Å². The number of nitrogens with one attached hydrogen (secondary N) is 1. The molecule has 1 rings (SSSR count). The predicted octanol–water partition coefficient (Wildman–Crippen LogP) is 1.24. The third kappa shape index (κ3) is 3.82. The molecule has 4 nitrogen and oxygen atoms in total. The van der Waals surface area contributed by atoms with Gasteiger partial charge >= 0.3 is 0 Å². The number of halogens is 1. The molecule has 86 valence electrons. The Morgan fingerprint density at radius 3 is 2.94 bits per heavy atom. The molecule has 5 heteroatoms. The number of hydrogen-bond donors (Lipinski definition) is 3. The van der Waals surface area contributed by atoms with E-state index in [9.17, 15) is 9.90 Å². The summed E-state index contributed by atoms with van der Waals surface area (Å²) in [5, 5.41) is 12.2. The zero-order chi connectivity index (χ0) is 12.0. The first kappa shape index (κ1) is 13.0. The molecule has 0 heterocycles. The van der Waals surface area contributed by atoms with Crippen LogP contribution in [0.5, 0.6) is 5.75 Å². The lowest BCUT2D eigenvalue weighted by Crippen LogP contribution is -2.23. The fourth-order valence-electron chi connectivity index (χ4n) is 1.12. The molecule has 0 saturated carbocycles. The molecule has 16 heavy (non-hydrogen) atoms. The van der Waals surface area contributed by atoms with Gasteiger partial charge in [-0.1, -0.05) is 12.2 Å². The van der Waals surface area contributed by atoms with Crippen LogP contribution < -0.4 is 11.1 Å². The standard InChI is InChI=1S/C11H13IN2O2/c12-8-3-4-10(15)9(7-8)11(16)14-6-2-1-5-13/h1-4,7,15H,5-6,13H2,(H,14,16)/b2-1+. The fraction of sp³-hybridized carbons (Fsp3) is 0.182. The highest BCUT2D eigenvalue weighted by molar-refractivity contribution is 14.1. The Bertz CT molecular complexity index is 405. The van der Waals surface area contributed by atoms with Crippen LogP contribution in [0.1, 0.15) is 10.4 Å². The second-order valence-corrected chi connectivity index (χ2v) is 4.32. The van der Waals surface area contributed by atoms with Crippen molar-refractivity contribution in [2.45, 2.75) is 0 Å². The molecular formula is C11H13IN2O2. The molecule has 1 aromatic carbocycles. The Labute approximate surface area is 108 Å².